The van der Waals surface area contributed by atoms with E-state index in [4.69, 9.17) is 0 Å². The van der Waals surface area contributed by atoms with E-state index in [-0.39, 0.29) is 0 Å². The quantitative estimate of drug-likeness (QED) is 0.540. The van der Waals surface area contributed by atoms with Crippen LogP contribution in [0.15, 0.2) is 17.4 Å². The summed E-state index contributed by atoms with van der Waals surface area (Å²) in [5.74, 6) is 1.51. The Morgan fingerprint density at radius 3 is 2.55 bits per heavy atom. The normalized spacial score (nSPS) is 20.5. The van der Waals surface area contributed by atoms with Gasteiger partial charge in [0.05, 0.1) is 0 Å². The SMILES string of the molecule is CCC(C)C(C)C=C=C1CC1. The Labute approximate surface area is 70.0 Å². The molecule has 0 saturated heterocycles. The lowest BCUT2D eigenvalue weighted by molar-refractivity contribution is 0.447. The van der Waals surface area contributed by atoms with Crippen molar-refractivity contribution in [2.75, 3.05) is 0 Å². The molecule has 0 aliphatic heterocycles. The Morgan fingerprint density at radius 2 is 2.09 bits per heavy atom. The summed E-state index contributed by atoms with van der Waals surface area (Å²) >= 11 is 0. The molecule has 1 saturated carbocycles. The summed E-state index contributed by atoms with van der Waals surface area (Å²) in [5, 5.41) is 0. The zero-order valence-electron chi connectivity index (χ0n) is 7.85. The molecule has 1 fully saturated rings. The van der Waals surface area contributed by atoms with Gasteiger partial charge in [0.1, 0.15) is 0 Å². The number of allylic oxidation sites excluding steroid dienone is 1. The molecule has 0 aromatic heterocycles. The van der Waals surface area contributed by atoms with E-state index in [0.29, 0.717) is 5.92 Å². The van der Waals surface area contributed by atoms with Crippen LogP contribution in [0.4, 0.5) is 0 Å². The van der Waals surface area contributed by atoms with Gasteiger partial charge in [-0.3, -0.25) is 0 Å². The molecule has 2 atom stereocenters. The molecule has 0 spiro atoms. The van der Waals surface area contributed by atoms with Crippen LogP contribution < -0.4 is 0 Å². The van der Waals surface area contributed by atoms with Gasteiger partial charge in [0, 0.05) is 0 Å². The molecule has 0 aromatic carbocycles. The molecule has 0 nitrogen and oxygen atoms in total. The lowest BCUT2D eigenvalue weighted by Crippen LogP contribution is -2.02. The van der Waals surface area contributed by atoms with Crippen molar-refractivity contribution in [3.8, 4) is 0 Å². The first-order valence-electron chi connectivity index (χ1n) is 4.68. The first-order chi connectivity index (χ1) is 5.24. The predicted octanol–water partition coefficient (Wildman–Crippen LogP) is 3.54. The Balaban J connectivity index is 2.41. The largest absolute Gasteiger partial charge is 0.126 e. The van der Waals surface area contributed by atoms with Crippen molar-refractivity contribution in [2.24, 2.45) is 11.8 Å². The third-order valence-corrected chi connectivity index (χ3v) is 2.59. The Bertz CT molecular complexity index is 176. The molecule has 0 bridgehead atoms. The lowest BCUT2D eigenvalue weighted by atomic mass is 9.94. The van der Waals surface area contributed by atoms with Crippen molar-refractivity contribution in [2.45, 2.75) is 40.0 Å². The van der Waals surface area contributed by atoms with Crippen LogP contribution in [0, 0.1) is 11.8 Å². The lowest BCUT2D eigenvalue weighted by Gasteiger charge is -2.11. The minimum Gasteiger partial charge on any atom is -0.126 e. The molecular formula is C11H18. The Kier molecular flexibility index (Phi) is 2.96. The Morgan fingerprint density at radius 1 is 1.45 bits per heavy atom. The summed E-state index contributed by atoms with van der Waals surface area (Å²) in [6.07, 6.45) is 6.11. The number of hydrogen-bond acceptors (Lipinski definition) is 0. The molecule has 0 amide bonds. The van der Waals surface area contributed by atoms with Gasteiger partial charge in [-0.05, 0) is 36.3 Å². The fraction of sp³-hybridized carbons (Fsp3) is 0.727. The first kappa shape index (κ1) is 8.62. The predicted molar refractivity (Wildman–Crippen MR) is 49.4 cm³/mol. The average Bonchev–Trinajstić information content (AvgIpc) is 2.81. The second-order valence-electron chi connectivity index (χ2n) is 3.66. The second-order valence-corrected chi connectivity index (χ2v) is 3.66. The van der Waals surface area contributed by atoms with Gasteiger partial charge in [0.25, 0.3) is 0 Å². The number of rotatable bonds is 3. The molecule has 62 valence electrons. The van der Waals surface area contributed by atoms with Crippen molar-refractivity contribution >= 4 is 0 Å². The van der Waals surface area contributed by atoms with Crippen molar-refractivity contribution in [3.05, 3.63) is 17.4 Å². The van der Waals surface area contributed by atoms with Gasteiger partial charge >= 0.3 is 0 Å². The summed E-state index contributed by atoms with van der Waals surface area (Å²) in [6.45, 7) is 6.84. The number of hydrogen-bond donors (Lipinski definition) is 0. The van der Waals surface area contributed by atoms with Crippen molar-refractivity contribution in [3.63, 3.8) is 0 Å². The maximum Gasteiger partial charge on any atom is -0.0160 e. The molecule has 0 aromatic rings. The minimum absolute atomic E-state index is 0.702. The zero-order chi connectivity index (χ0) is 8.27. The fourth-order valence-electron chi connectivity index (χ4n) is 0.992. The molecule has 1 rings (SSSR count). The summed E-state index contributed by atoms with van der Waals surface area (Å²) in [6, 6.07) is 0. The average molecular weight is 150 g/mol. The summed E-state index contributed by atoms with van der Waals surface area (Å²) in [4.78, 5) is 0. The van der Waals surface area contributed by atoms with Crippen LogP contribution in [0.2, 0.25) is 0 Å². The highest BCUT2D eigenvalue weighted by Gasteiger charge is 2.10. The summed E-state index contributed by atoms with van der Waals surface area (Å²) in [7, 11) is 0. The third-order valence-electron chi connectivity index (χ3n) is 2.59. The van der Waals surface area contributed by atoms with Crippen LogP contribution in [-0.4, -0.2) is 0 Å². The van der Waals surface area contributed by atoms with Crippen LogP contribution in [0.3, 0.4) is 0 Å². The van der Waals surface area contributed by atoms with Crippen molar-refractivity contribution < 1.29 is 0 Å². The van der Waals surface area contributed by atoms with E-state index >= 15 is 0 Å². The molecular weight excluding hydrogens is 132 g/mol. The van der Waals surface area contributed by atoms with Gasteiger partial charge in [0.15, 0.2) is 0 Å². The first-order valence-corrected chi connectivity index (χ1v) is 4.68. The molecule has 2 unspecified atom stereocenters. The maximum absolute atomic E-state index is 3.36. The molecule has 0 radical (unpaired) electrons. The van der Waals surface area contributed by atoms with Crippen LogP contribution >= 0.6 is 0 Å². The van der Waals surface area contributed by atoms with Crippen LogP contribution in [0.25, 0.3) is 0 Å². The highest BCUT2D eigenvalue weighted by atomic mass is 14.1. The molecule has 1 aliphatic rings. The summed E-state index contributed by atoms with van der Waals surface area (Å²) in [5.41, 5.74) is 4.88. The van der Waals surface area contributed by atoms with E-state index in [2.05, 4.69) is 32.6 Å². The van der Waals surface area contributed by atoms with Crippen LogP contribution in [0.1, 0.15) is 40.0 Å². The van der Waals surface area contributed by atoms with E-state index in [0.717, 1.165) is 5.92 Å². The van der Waals surface area contributed by atoms with E-state index in [1.165, 1.54) is 24.8 Å². The maximum atomic E-state index is 3.36. The summed E-state index contributed by atoms with van der Waals surface area (Å²) < 4.78 is 0. The minimum atomic E-state index is 0.702. The molecule has 0 heterocycles. The molecule has 0 N–H and O–H groups in total. The Hall–Kier alpha value is -0.480. The standard InChI is InChI=1S/C11H18/c1-4-9(2)10(3)5-6-11-7-8-11/h5,9-10H,4,7-8H2,1-3H3. The van der Waals surface area contributed by atoms with Crippen molar-refractivity contribution in [1.82, 2.24) is 0 Å². The van der Waals surface area contributed by atoms with E-state index in [1.54, 1.807) is 0 Å². The molecule has 0 heteroatoms. The zero-order valence-corrected chi connectivity index (χ0v) is 7.85. The fourth-order valence-corrected chi connectivity index (χ4v) is 0.992. The molecule has 1 aliphatic carbocycles. The van der Waals surface area contributed by atoms with Gasteiger partial charge in [0.2, 0.25) is 0 Å². The monoisotopic (exact) mass is 150 g/mol. The van der Waals surface area contributed by atoms with Gasteiger partial charge < -0.3 is 0 Å². The van der Waals surface area contributed by atoms with Gasteiger partial charge in [-0.25, -0.2) is 0 Å². The smallest absolute Gasteiger partial charge is 0.0160 e. The van der Waals surface area contributed by atoms with E-state index in [9.17, 15) is 0 Å². The van der Waals surface area contributed by atoms with Crippen LogP contribution in [0.5, 0.6) is 0 Å². The van der Waals surface area contributed by atoms with Crippen LogP contribution in [-0.2, 0) is 0 Å². The van der Waals surface area contributed by atoms with Gasteiger partial charge in [-0.2, -0.15) is 0 Å². The highest BCUT2D eigenvalue weighted by Crippen LogP contribution is 2.26. The second kappa shape index (κ2) is 3.78. The highest BCUT2D eigenvalue weighted by molar-refractivity contribution is 5.15. The molecule has 11 heavy (non-hydrogen) atoms. The van der Waals surface area contributed by atoms with Gasteiger partial charge in [-0.1, -0.05) is 27.2 Å². The van der Waals surface area contributed by atoms with Crippen molar-refractivity contribution in [1.29, 1.82) is 0 Å². The topological polar surface area (TPSA) is 0 Å². The van der Waals surface area contributed by atoms with Gasteiger partial charge in [-0.15, -0.1) is 5.73 Å². The van der Waals surface area contributed by atoms with E-state index in [1.807, 2.05) is 0 Å². The van der Waals surface area contributed by atoms with E-state index < -0.39 is 0 Å². The third kappa shape index (κ3) is 2.95.